The molecule has 0 aliphatic rings. The Balaban J connectivity index is 2.49. The lowest BCUT2D eigenvalue weighted by molar-refractivity contribution is -0.109. The number of hydrogen-bond donors (Lipinski definition) is 0. The largest absolute Gasteiger partial charge is 0.484 e. The normalized spacial score (nSPS) is 10.4. The number of nitrogens with zero attached hydrogens (tertiary/aromatic N) is 1. The van der Waals surface area contributed by atoms with Gasteiger partial charge in [-0.25, -0.2) is 4.98 Å². The van der Waals surface area contributed by atoms with Crippen LogP contribution in [0.5, 0.6) is 5.75 Å². The summed E-state index contributed by atoms with van der Waals surface area (Å²) >= 11 is 0. The van der Waals surface area contributed by atoms with E-state index in [1.54, 1.807) is 6.07 Å². The van der Waals surface area contributed by atoms with Crippen LogP contribution < -0.4 is 4.74 Å². The van der Waals surface area contributed by atoms with Gasteiger partial charge in [0.2, 0.25) is 0 Å². The maximum absolute atomic E-state index is 10.2. The highest BCUT2D eigenvalue weighted by molar-refractivity contribution is 5.82. The maximum atomic E-state index is 10.2. The van der Waals surface area contributed by atoms with E-state index in [1.807, 2.05) is 13.0 Å². The number of aromatic nitrogens is 1. The molecule has 2 rings (SSSR count). The van der Waals surface area contributed by atoms with Gasteiger partial charge in [-0.3, -0.25) is 4.79 Å². The lowest BCUT2D eigenvalue weighted by Gasteiger charge is -2.02. The van der Waals surface area contributed by atoms with Crippen LogP contribution in [0, 0.1) is 6.92 Å². The van der Waals surface area contributed by atoms with Gasteiger partial charge in [0.25, 0.3) is 0 Å². The lowest BCUT2D eigenvalue weighted by atomic mass is 10.2. The van der Waals surface area contributed by atoms with Gasteiger partial charge >= 0.3 is 0 Å². The van der Waals surface area contributed by atoms with Crippen LogP contribution in [0.15, 0.2) is 22.9 Å². The summed E-state index contributed by atoms with van der Waals surface area (Å²) in [7, 11) is 0. The van der Waals surface area contributed by atoms with Gasteiger partial charge in [-0.2, -0.15) is 0 Å². The molecule has 1 heterocycles. The molecule has 0 fully saturated rings. The van der Waals surface area contributed by atoms with Gasteiger partial charge in [-0.15, -0.1) is 0 Å². The molecule has 4 nitrogen and oxygen atoms in total. The third kappa shape index (κ3) is 1.35. The van der Waals surface area contributed by atoms with E-state index in [9.17, 15) is 4.79 Å². The number of hydrogen-bond acceptors (Lipinski definition) is 4. The van der Waals surface area contributed by atoms with Gasteiger partial charge in [-0.05, 0) is 18.6 Å². The van der Waals surface area contributed by atoms with Crippen molar-refractivity contribution in [1.82, 2.24) is 4.98 Å². The molecule has 14 heavy (non-hydrogen) atoms. The van der Waals surface area contributed by atoms with E-state index in [-0.39, 0.29) is 6.61 Å². The highest BCUT2D eigenvalue weighted by Gasteiger charge is 2.08. The average molecular weight is 191 g/mol. The summed E-state index contributed by atoms with van der Waals surface area (Å²) in [5.74, 6) is 0.575. The Morgan fingerprint density at radius 2 is 2.43 bits per heavy atom. The van der Waals surface area contributed by atoms with Crippen molar-refractivity contribution in [3.8, 4) is 5.75 Å². The smallest absolute Gasteiger partial charge is 0.182 e. The maximum Gasteiger partial charge on any atom is 0.182 e. The van der Waals surface area contributed by atoms with Gasteiger partial charge in [-0.1, -0.05) is 6.07 Å². The first-order valence-electron chi connectivity index (χ1n) is 4.22. The highest BCUT2D eigenvalue weighted by atomic mass is 16.5. The molecule has 1 aromatic carbocycles. The molecule has 0 amide bonds. The minimum atomic E-state index is 0.0328. The Morgan fingerprint density at radius 1 is 1.57 bits per heavy atom. The van der Waals surface area contributed by atoms with Crippen molar-refractivity contribution in [1.29, 1.82) is 0 Å². The Hall–Kier alpha value is -1.84. The molecule has 0 aliphatic carbocycles. The first-order chi connectivity index (χ1) is 6.83. The topological polar surface area (TPSA) is 52.3 Å². The number of oxazole rings is 1. The number of aryl methyl sites for hydroxylation is 1. The minimum Gasteiger partial charge on any atom is -0.484 e. The quantitative estimate of drug-likeness (QED) is 0.693. The van der Waals surface area contributed by atoms with Crippen LogP contribution >= 0.6 is 0 Å². The molecule has 0 saturated heterocycles. The molecular formula is C10H9NO3. The molecule has 0 N–H and O–H groups in total. The Labute approximate surface area is 80.5 Å². The summed E-state index contributed by atoms with van der Waals surface area (Å²) in [4.78, 5) is 14.2. The van der Waals surface area contributed by atoms with Crippen molar-refractivity contribution >= 4 is 17.4 Å². The fourth-order valence-electron chi connectivity index (χ4n) is 1.30. The summed E-state index contributed by atoms with van der Waals surface area (Å²) in [5, 5.41) is 0. The zero-order valence-corrected chi connectivity index (χ0v) is 7.69. The first kappa shape index (κ1) is 8.74. The standard InChI is InChI=1S/C10H9NO3/c1-7-2-3-8(13-5-4-12)9-10(7)14-6-11-9/h2-4,6H,5H2,1H3. The van der Waals surface area contributed by atoms with E-state index in [1.165, 1.54) is 6.39 Å². The summed E-state index contributed by atoms with van der Waals surface area (Å²) in [6, 6.07) is 3.65. The van der Waals surface area contributed by atoms with E-state index >= 15 is 0 Å². The van der Waals surface area contributed by atoms with E-state index in [0.717, 1.165) is 5.56 Å². The fourth-order valence-corrected chi connectivity index (χ4v) is 1.30. The average Bonchev–Trinajstić information content (AvgIpc) is 2.66. The van der Waals surface area contributed by atoms with Crippen molar-refractivity contribution in [3.63, 3.8) is 0 Å². The summed E-state index contributed by atoms with van der Waals surface area (Å²) in [5.41, 5.74) is 2.36. The molecular weight excluding hydrogens is 182 g/mol. The second-order valence-corrected chi connectivity index (χ2v) is 2.89. The lowest BCUT2D eigenvalue weighted by Crippen LogP contribution is -1.98. The van der Waals surface area contributed by atoms with E-state index in [2.05, 4.69) is 4.98 Å². The van der Waals surface area contributed by atoms with Gasteiger partial charge in [0, 0.05) is 0 Å². The van der Waals surface area contributed by atoms with Crippen molar-refractivity contribution in [3.05, 3.63) is 24.1 Å². The number of rotatable bonds is 3. The van der Waals surface area contributed by atoms with Crippen LogP contribution in [0.2, 0.25) is 0 Å². The third-order valence-corrected chi connectivity index (χ3v) is 1.95. The second kappa shape index (κ2) is 3.49. The van der Waals surface area contributed by atoms with E-state index in [0.29, 0.717) is 23.1 Å². The Morgan fingerprint density at radius 3 is 3.21 bits per heavy atom. The van der Waals surface area contributed by atoms with Gasteiger partial charge in [0.05, 0.1) is 0 Å². The van der Waals surface area contributed by atoms with Gasteiger partial charge < -0.3 is 9.15 Å². The second-order valence-electron chi connectivity index (χ2n) is 2.89. The molecule has 4 heteroatoms. The molecule has 0 saturated carbocycles. The van der Waals surface area contributed by atoms with Crippen LogP contribution in [0.25, 0.3) is 11.1 Å². The van der Waals surface area contributed by atoms with Crippen molar-refractivity contribution in [2.45, 2.75) is 6.92 Å². The summed E-state index contributed by atoms with van der Waals surface area (Å²) in [6.07, 6.45) is 2.07. The van der Waals surface area contributed by atoms with E-state index in [4.69, 9.17) is 9.15 Å². The predicted molar refractivity (Wildman–Crippen MR) is 50.3 cm³/mol. The number of benzene rings is 1. The van der Waals surface area contributed by atoms with Crippen LogP contribution in [-0.2, 0) is 4.79 Å². The zero-order valence-electron chi connectivity index (χ0n) is 7.69. The monoisotopic (exact) mass is 191 g/mol. The molecule has 0 atom stereocenters. The van der Waals surface area contributed by atoms with E-state index < -0.39 is 0 Å². The molecule has 0 bridgehead atoms. The molecule has 1 aromatic heterocycles. The zero-order chi connectivity index (χ0) is 9.97. The summed E-state index contributed by atoms with van der Waals surface area (Å²) in [6.45, 7) is 1.96. The molecule has 0 unspecified atom stereocenters. The number of fused-ring (bicyclic) bond motifs is 1. The number of carbonyl (C=O) groups is 1. The predicted octanol–water partition coefficient (Wildman–Crippen LogP) is 1.71. The minimum absolute atomic E-state index is 0.0328. The number of carbonyl (C=O) groups excluding carboxylic acids is 1. The highest BCUT2D eigenvalue weighted by Crippen LogP contribution is 2.26. The van der Waals surface area contributed by atoms with Crippen LogP contribution in [0.4, 0.5) is 0 Å². The van der Waals surface area contributed by atoms with Gasteiger partial charge in [0.15, 0.2) is 23.8 Å². The van der Waals surface area contributed by atoms with Crippen LogP contribution in [0.1, 0.15) is 5.56 Å². The van der Waals surface area contributed by atoms with Crippen LogP contribution in [-0.4, -0.2) is 17.9 Å². The summed E-state index contributed by atoms with van der Waals surface area (Å²) < 4.78 is 10.4. The van der Waals surface area contributed by atoms with Crippen LogP contribution in [0.3, 0.4) is 0 Å². The van der Waals surface area contributed by atoms with Gasteiger partial charge in [0.1, 0.15) is 12.4 Å². The van der Waals surface area contributed by atoms with Crippen molar-refractivity contribution < 1.29 is 13.9 Å². The first-order valence-corrected chi connectivity index (χ1v) is 4.22. The van der Waals surface area contributed by atoms with Crippen molar-refractivity contribution in [2.75, 3.05) is 6.61 Å². The fraction of sp³-hybridized carbons (Fsp3) is 0.200. The molecule has 72 valence electrons. The number of ether oxygens (including phenoxy) is 1. The van der Waals surface area contributed by atoms with Crippen molar-refractivity contribution in [2.24, 2.45) is 0 Å². The third-order valence-electron chi connectivity index (χ3n) is 1.95. The molecule has 0 radical (unpaired) electrons. The Kier molecular flexibility index (Phi) is 2.18. The molecule has 0 spiro atoms. The molecule has 2 aromatic rings. The molecule has 0 aliphatic heterocycles. The Bertz CT molecular complexity index is 461. The SMILES string of the molecule is Cc1ccc(OCC=O)c2ncoc12. The number of aldehydes is 1.